The third-order valence-corrected chi connectivity index (χ3v) is 5.63. The maximum Gasteiger partial charge on any atom is 0.257 e. The Morgan fingerprint density at radius 1 is 0.970 bits per heavy atom. The van der Waals surface area contributed by atoms with E-state index >= 15 is 0 Å². The van der Waals surface area contributed by atoms with Gasteiger partial charge in [0.1, 0.15) is 5.75 Å². The quantitative estimate of drug-likeness (QED) is 0.429. The third kappa shape index (κ3) is 6.05. The average molecular weight is 463 g/mol. The predicted molar refractivity (Wildman–Crippen MR) is 134 cm³/mol. The van der Waals surface area contributed by atoms with E-state index in [-0.39, 0.29) is 5.91 Å². The van der Waals surface area contributed by atoms with Gasteiger partial charge in [-0.2, -0.15) is 0 Å². The number of guanidine groups is 1. The Morgan fingerprint density at radius 2 is 1.70 bits per heavy atom. The van der Waals surface area contributed by atoms with Crippen LogP contribution in [0, 0.1) is 0 Å². The second-order valence-corrected chi connectivity index (χ2v) is 8.07. The van der Waals surface area contributed by atoms with Crippen molar-refractivity contribution in [3.05, 3.63) is 89.4 Å². The molecule has 1 fully saturated rings. The van der Waals surface area contributed by atoms with Crippen LogP contribution in [0.2, 0.25) is 5.02 Å². The van der Waals surface area contributed by atoms with Gasteiger partial charge in [0.25, 0.3) is 5.91 Å². The van der Waals surface area contributed by atoms with Crippen molar-refractivity contribution >= 4 is 34.8 Å². The van der Waals surface area contributed by atoms with E-state index in [1.165, 1.54) is 0 Å². The summed E-state index contributed by atoms with van der Waals surface area (Å²) in [7, 11) is 0. The van der Waals surface area contributed by atoms with Crippen molar-refractivity contribution in [3.63, 3.8) is 0 Å². The minimum Gasteiger partial charge on any atom is -0.494 e. The number of piperazine rings is 1. The summed E-state index contributed by atoms with van der Waals surface area (Å²) < 4.78 is 5.47. The molecule has 1 aliphatic heterocycles. The fourth-order valence-electron chi connectivity index (χ4n) is 3.69. The average Bonchev–Trinajstić information content (AvgIpc) is 2.85. The minimum atomic E-state index is -0.204. The van der Waals surface area contributed by atoms with E-state index in [1.54, 1.807) is 24.3 Å². The molecule has 0 spiro atoms. The molecule has 0 aromatic heterocycles. The number of amides is 1. The van der Waals surface area contributed by atoms with E-state index in [0.717, 1.165) is 48.3 Å². The van der Waals surface area contributed by atoms with Crippen LogP contribution < -0.4 is 15.0 Å². The van der Waals surface area contributed by atoms with Crippen molar-refractivity contribution in [1.29, 1.82) is 0 Å². The van der Waals surface area contributed by atoms with Gasteiger partial charge >= 0.3 is 0 Å². The summed E-state index contributed by atoms with van der Waals surface area (Å²) in [5.41, 5.74) is 2.44. The second-order valence-electron chi connectivity index (χ2n) is 7.64. The molecule has 0 bridgehead atoms. The van der Waals surface area contributed by atoms with Gasteiger partial charge in [0.2, 0.25) is 5.96 Å². The van der Waals surface area contributed by atoms with Gasteiger partial charge in [0, 0.05) is 42.5 Å². The highest BCUT2D eigenvalue weighted by Gasteiger charge is 2.22. The molecule has 0 atom stereocenters. The fraction of sp³-hybridized carbons (Fsp3) is 0.231. The normalized spacial score (nSPS) is 14.2. The van der Waals surface area contributed by atoms with E-state index in [0.29, 0.717) is 18.1 Å². The SMILES string of the molecule is CCOc1ccc(C(=O)NC(=Nc2ccccc2)N2CCN(c3cccc(Cl)c3)CC2)cc1. The van der Waals surface area contributed by atoms with Crippen molar-refractivity contribution in [2.45, 2.75) is 6.92 Å². The first-order valence-corrected chi connectivity index (χ1v) is 11.4. The molecule has 0 aliphatic carbocycles. The molecular formula is C26H27ClN4O2. The second kappa shape index (κ2) is 10.9. The van der Waals surface area contributed by atoms with Gasteiger partial charge < -0.3 is 14.5 Å². The summed E-state index contributed by atoms with van der Waals surface area (Å²) in [6.07, 6.45) is 0. The summed E-state index contributed by atoms with van der Waals surface area (Å²) in [4.78, 5) is 22.1. The molecule has 1 N–H and O–H groups in total. The van der Waals surface area contributed by atoms with E-state index in [4.69, 9.17) is 21.3 Å². The number of nitrogens with one attached hydrogen (secondary N) is 1. The number of carbonyl (C=O) groups excluding carboxylic acids is 1. The van der Waals surface area contributed by atoms with Crippen molar-refractivity contribution < 1.29 is 9.53 Å². The summed E-state index contributed by atoms with van der Waals surface area (Å²) >= 11 is 6.16. The number of aliphatic imine (C=N–C) groups is 1. The number of halogens is 1. The van der Waals surface area contributed by atoms with Gasteiger partial charge in [-0.3, -0.25) is 10.1 Å². The molecule has 1 saturated heterocycles. The standard InChI is InChI=1S/C26H27ClN4O2/c1-2-33-24-13-11-20(12-14-24)25(32)29-26(28-22-8-4-3-5-9-22)31-17-15-30(16-18-31)23-10-6-7-21(27)19-23/h3-14,19H,2,15-18H2,1H3,(H,28,29,32). The van der Waals surface area contributed by atoms with Crippen molar-refractivity contribution in [1.82, 2.24) is 10.2 Å². The first-order chi connectivity index (χ1) is 16.1. The van der Waals surface area contributed by atoms with Gasteiger partial charge in [0.05, 0.1) is 12.3 Å². The van der Waals surface area contributed by atoms with E-state index in [9.17, 15) is 4.79 Å². The maximum atomic E-state index is 13.0. The lowest BCUT2D eigenvalue weighted by molar-refractivity contribution is 0.0971. The molecule has 1 amide bonds. The zero-order valence-electron chi connectivity index (χ0n) is 18.6. The molecule has 4 rings (SSSR count). The first kappa shape index (κ1) is 22.7. The predicted octanol–water partition coefficient (Wildman–Crippen LogP) is 4.98. The van der Waals surface area contributed by atoms with E-state index < -0.39 is 0 Å². The molecule has 1 aliphatic rings. The lowest BCUT2D eigenvalue weighted by Crippen LogP contribution is -2.53. The Labute approximate surface area is 199 Å². The van der Waals surface area contributed by atoms with Crippen molar-refractivity contribution in [3.8, 4) is 5.75 Å². The van der Waals surface area contributed by atoms with Crippen LogP contribution in [0.5, 0.6) is 5.75 Å². The van der Waals surface area contributed by atoms with Crippen molar-refractivity contribution in [2.75, 3.05) is 37.7 Å². The topological polar surface area (TPSA) is 57.2 Å². The zero-order valence-corrected chi connectivity index (χ0v) is 19.3. The van der Waals surface area contributed by atoms with Gasteiger partial charge in [-0.15, -0.1) is 0 Å². The molecule has 3 aromatic rings. The number of rotatable bonds is 5. The number of nitrogens with zero attached hydrogens (tertiary/aromatic N) is 3. The number of hydrogen-bond acceptors (Lipinski definition) is 4. The monoisotopic (exact) mass is 462 g/mol. The first-order valence-electron chi connectivity index (χ1n) is 11.1. The summed E-state index contributed by atoms with van der Waals surface area (Å²) in [6, 6.07) is 24.7. The Kier molecular flexibility index (Phi) is 7.47. The van der Waals surface area contributed by atoms with E-state index in [2.05, 4.69) is 21.2 Å². The molecule has 0 unspecified atom stereocenters. The van der Waals surface area contributed by atoms with Crippen LogP contribution in [0.25, 0.3) is 0 Å². The number of para-hydroxylation sites is 1. The highest BCUT2D eigenvalue weighted by Crippen LogP contribution is 2.21. The summed E-state index contributed by atoms with van der Waals surface area (Å²) in [6.45, 7) is 5.56. The number of ether oxygens (including phenoxy) is 1. The van der Waals surface area contributed by atoms with Crippen molar-refractivity contribution in [2.24, 2.45) is 4.99 Å². The third-order valence-electron chi connectivity index (χ3n) is 5.40. The Balaban J connectivity index is 1.50. The number of anilines is 1. The zero-order chi connectivity index (χ0) is 23.0. The van der Waals surface area contributed by atoms with Gasteiger partial charge in [-0.05, 0) is 61.5 Å². The smallest absolute Gasteiger partial charge is 0.257 e. The Hall–Kier alpha value is -3.51. The molecule has 6 nitrogen and oxygen atoms in total. The Morgan fingerprint density at radius 3 is 2.36 bits per heavy atom. The fourth-order valence-corrected chi connectivity index (χ4v) is 3.88. The molecule has 3 aromatic carbocycles. The Bertz CT molecular complexity index is 1090. The van der Waals surface area contributed by atoms with Crippen LogP contribution in [0.4, 0.5) is 11.4 Å². The largest absolute Gasteiger partial charge is 0.494 e. The van der Waals surface area contributed by atoms with Gasteiger partial charge in [-0.25, -0.2) is 4.99 Å². The molecular weight excluding hydrogens is 436 g/mol. The maximum absolute atomic E-state index is 13.0. The van der Waals surface area contributed by atoms with Gasteiger partial charge in [-0.1, -0.05) is 35.9 Å². The van der Waals surface area contributed by atoms with Crippen LogP contribution in [0.15, 0.2) is 83.9 Å². The van der Waals surface area contributed by atoms with Gasteiger partial charge in [0.15, 0.2) is 0 Å². The molecule has 1 heterocycles. The summed E-state index contributed by atoms with van der Waals surface area (Å²) in [5.74, 6) is 1.08. The highest BCUT2D eigenvalue weighted by atomic mass is 35.5. The van der Waals surface area contributed by atoms with Crippen LogP contribution in [-0.2, 0) is 0 Å². The molecule has 7 heteroatoms. The molecule has 0 saturated carbocycles. The minimum absolute atomic E-state index is 0.204. The van der Waals surface area contributed by atoms with Crippen LogP contribution in [-0.4, -0.2) is 49.6 Å². The number of benzene rings is 3. The van der Waals surface area contributed by atoms with E-state index in [1.807, 2.05) is 55.5 Å². The van der Waals surface area contributed by atoms with Crippen LogP contribution in [0.1, 0.15) is 17.3 Å². The number of hydrogen-bond donors (Lipinski definition) is 1. The lowest BCUT2D eigenvalue weighted by atomic mass is 10.2. The molecule has 170 valence electrons. The van der Waals surface area contributed by atoms with Crippen LogP contribution in [0.3, 0.4) is 0 Å². The molecule has 33 heavy (non-hydrogen) atoms. The summed E-state index contributed by atoms with van der Waals surface area (Å²) in [5, 5.41) is 3.75. The molecule has 0 radical (unpaired) electrons. The highest BCUT2D eigenvalue weighted by molar-refractivity contribution is 6.30. The van der Waals surface area contributed by atoms with Crippen LogP contribution >= 0.6 is 11.6 Å². The number of carbonyl (C=O) groups is 1. The lowest BCUT2D eigenvalue weighted by Gasteiger charge is -2.37.